The summed E-state index contributed by atoms with van der Waals surface area (Å²) in [5.74, 6) is -0.825. The summed E-state index contributed by atoms with van der Waals surface area (Å²) in [7, 11) is 0. The van der Waals surface area contributed by atoms with E-state index in [0.717, 1.165) is 0 Å². The largest absolute Gasteiger partial charge is 0.478 e. The van der Waals surface area contributed by atoms with Gasteiger partial charge in [0.25, 0.3) is 0 Å². The van der Waals surface area contributed by atoms with Gasteiger partial charge in [0.2, 0.25) is 0 Å². The van der Waals surface area contributed by atoms with E-state index in [0.29, 0.717) is 12.0 Å². The van der Waals surface area contributed by atoms with E-state index in [2.05, 4.69) is 10.1 Å². The molecule has 0 bridgehead atoms. The van der Waals surface area contributed by atoms with Crippen LogP contribution in [0.5, 0.6) is 0 Å². The van der Waals surface area contributed by atoms with Crippen LogP contribution in [0.2, 0.25) is 5.02 Å². The van der Waals surface area contributed by atoms with E-state index in [1.165, 1.54) is 16.9 Å². The second-order valence-corrected chi connectivity index (χ2v) is 3.98. The first-order chi connectivity index (χ1) is 8.52. The topological polar surface area (TPSA) is 85.1 Å². The molecule has 2 rings (SSSR count). The number of aromatic carboxylic acids is 1. The summed E-state index contributed by atoms with van der Waals surface area (Å²) in [4.78, 5) is 25.3. The lowest BCUT2D eigenvalue weighted by molar-refractivity contribution is 0.0696. The highest BCUT2D eigenvalue weighted by atomic mass is 35.5. The molecule has 0 fully saturated rings. The summed E-state index contributed by atoms with van der Waals surface area (Å²) >= 11 is 5.96. The fraction of sp³-hybridized carbons (Fsp3) is 0.0909. The summed E-state index contributed by atoms with van der Waals surface area (Å²) in [5, 5.41) is 12.9. The number of nitrogens with zero attached hydrogens (tertiary/aromatic N) is 3. The smallest absolute Gasteiger partial charge is 0.337 e. The fourth-order valence-electron chi connectivity index (χ4n) is 1.47. The molecule has 2 heterocycles. The number of hydrogen-bond acceptors (Lipinski definition) is 4. The number of pyridine rings is 1. The molecule has 92 valence electrons. The molecule has 0 aliphatic rings. The Balaban J connectivity index is 2.53. The van der Waals surface area contributed by atoms with E-state index in [9.17, 15) is 9.59 Å². The number of aryl methyl sites for hydroxylation is 1. The average molecular weight is 266 g/mol. The van der Waals surface area contributed by atoms with Crippen molar-refractivity contribution in [3.8, 4) is 5.82 Å². The Hall–Kier alpha value is -2.21. The molecule has 2 aromatic heterocycles. The van der Waals surface area contributed by atoms with Gasteiger partial charge in [-0.2, -0.15) is 5.10 Å². The van der Waals surface area contributed by atoms with Gasteiger partial charge >= 0.3 is 5.97 Å². The molecule has 0 aliphatic carbocycles. The van der Waals surface area contributed by atoms with Crippen molar-refractivity contribution in [2.24, 2.45) is 0 Å². The average Bonchev–Trinajstić information content (AvgIpc) is 2.70. The van der Waals surface area contributed by atoms with Crippen molar-refractivity contribution in [3.05, 3.63) is 40.3 Å². The summed E-state index contributed by atoms with van der Waals surface area (Å²) in [6.45, 7) is 1.74. The Morgan fingerprint density at radius 2 is 2.22 bits per heavy atom. The third kappa shape index (κ3) is 2.10. The Kier molecular flexibility index (Phi) is 3.12. The van der Waals surface area contributed by atoms with Gasteiger partial charge in [-0.1, -0.05) is 11.6 Å². The molecule has 0 aromatic carbocycles. The number of carboxylic acid groups (broad SMARTS) is 1. The number of aldehydes is 1. The van der Waals surface area contributed by atoms with E-state index in [1.807, 2.05) is 0 Å². The van der Waals surface area contributed by atoms with Crippen molar-refractivity contribution in [1.29, 1.82) is 0 Å². The first-order valence-electron chi connectivity index (χ1n) is 4.94. The minimum absolute atomic E-state index is 0.0100. The maximum Gasteiger partial charge on any atom is 0.337 e. The van der Waals surface area contributed by atoms with Crippen molar-refractivity contribution in [2.45, 2.75) is 6.92 Å². The van der Waals surface area contributed by atoms with E-state index < -0.39 is 5.97 Å². The maximum absolute atomic E-state index is 10.8. The number of aromatic nitrogens is 3. The molecule has 0 atom stereocenters. The number of carbonyl (C=O) groups excluding carboxylic acids is 1. The van der Waals surface area contributed by atoms with E-state index in [4.69, 9.17) is 16.7 Å². The lowest BCUT2D eigenvalue weighted by atomic mass is 10.3. The minimum atomic E-state index is -1.11. The molecule has 7 heteroatoms. The molecule has 2 aromatic rings. The first-order valence-corrected chi connectivity index (χ1v) is 5.32. The standard InChI is InChI=1S/C11H8ClN3O3/c1-6-2-8(5-16)14-15(6)10-9(12)3-7(4-13-10)11(17)18/h2-5H,1H3,(H,17,18). The summed E-state index contributed by atoms with van der Waals surface area (Å²) in [6, 6.07) is 2.87. The molecule has 18 heavy (non-hydrogen) atoms. The minimum Gasteiger partial charge on any atom is -0.478 e. The Morgan fingerprint density at radius 3 is 2.72 bits per heavy atom. The monoisotopic (exact) mass is 265 g/mol. The van der Waals surface area contributed by atoms with Crippen LogP contribution in [0, 0.1) is 6.92 Å². The van der Waals surface area contributed by atoms with Gasteiger partial charge in [-0.25, -0.2) is 14.5 Å². The van der Waals surface area contributed by atoms with Gasteiger partial charge in [0.15, 0.2) is 12.1 Å². The Morgan fingerprint density at radius 1 is 1.50 bits per heavy atom. The summed E-state index contributed by atoms with van der Waals surface area (Å²) in [6.07, 6.45) is 1.80. The fourth-order valence-corrected chi connectivity index (χ4v) is 1.72. The molecule has 1 N–H and O–H groups in total. The predicted molar refractivity (Wildman–Crippen MR) is 63.5 cm³/mol. The second-order valence-electron chi connectivity index (χ2n) is 3.57. The zero-order valence-electron chi connectivity index (χ0n) is 9.29. The zero-order chi connectivity index (χ0) is 13.3. The van der Waals surface area contributed by atoms with Gasteiger partial charge in [0.1, 0.15) is 5.69 Å². The van der Waals surface area contributed by atoms with Crippen molar-refractivity contribution in [2.75, 3.05) is 0 Å². The molecule has 0 amide bonds. The lowest BCUT2D eigenvalue weighted by Crippen LogP contribution is -2.05. The van der Waals surface area contributed by atoms with E-state index in [-0.39, 0.29) is 22.1 Å². The quantitative estimate of drug-likeness (QED) is 0.855. The van der Waals surface area contributed by atoms with Crippen LogP contribution in [-0.2, 0) is 0 Å². The van der Waals surface area contributed by atoms with Crippen LogP contribution in [0.15, 0.2) is 18.3 Å². The second kappa shape index (κ2) is 4.58. The lowest BCUT2D eigenvalue weighted by Gasteiger charge is -2.05. The van der Waals surface area contributed by atoms with E-state index >= 15 is 0 Å². The SMILES string of the molecule is Cc1cc(C=O)nn1-c1ncc(C(=O)O)cc1Cl. The highest BCUT2D eigenvalue weighted by Gasteiger charge is 2.13. The van der Waals surface area contributed by atoms with Crippen LogP contribution in [0.4, 0.5) is 0 Å². The number of rotatable bonds is 3. The van der Waals surface area contributed by atoms with Crippen LogP contribution in [0.1, 0.15) is 26.5 Å². The van der Waals surface area contributed by atoms with Crippen LogP contribution in [-0.4, -0.2) is 32.1 Å². The van der Waals surface area contributed by atoms with Gasteiger partial charge in [0, 0.05) is 11.9 Å². The highest BCUT2D eigenvalue weighted by Crippen LogP contribution is 2.20. The van der Waals surface area contributed by atoms with Gasteiger partial charge in [0.05, 0.1) is 10.6 Å². The molecule has 0 spiro atoms. The van der Waals surface area contributed by atoms with Gasteiger partial charge in [-0.3, -0.25) is 4.79 Å². The van der Waals surface area contributed by atoms with Crippen molar-refractivity contribution >= 4 is 23.9 Å². The number of carboxylic acids is 1. The molecule has 0 saturated carbocycles. The predicted octanol–water partition coefficient (Wildman–Crippen LogP) is 1.74. The molecule has 0 saturated heterocycles. The van der Waals surface area contributed by atoms with Gasteiger partial charge < -0.3 is 5.11 Å². The van der Waals surface area contributed by atoms with Crippen LogP contribution in [0.3, 0.4) is 0 Å². The highest BCUT2D eigenvalue weighted by molar-refractivity contribution is 6.32. The number of hydrogen-bond donors (Lipinski definition) is 1. The molecular weight excluding hydrogens is 258 g/mol. The maximum atomic E-state index is 10.8. The zero-order valence-corrected chi connectivity index (χ0v) is 10.0. The van der Waals surface area contributed by atoms with Crippen molar-refractivity contribution < 1.29 is 14.7 Å². The molecule has 0 aliphatic heterocycles. The van der Waals surface area contributed by atoms with Crippen LogP contribution in [0.25, 0.3) is 5.82 Å². The van der Waals surface area contributed by atoms with Crippen LogP contribution < -0.4 is 0 Å². The Labute approximate surface area is 107 Å². The molecular formula is C11H8ClN3O3. The Bertz CT molecular complexity index is 636. The number of carbonyl (C=O) groups is 2. The third-order valence-corrected chi connectivity index (χ3v) is 2.57. The van der Waals surface area contributed by atoms with Crippen molar-refractivity contribution in [3.63, 3.8) is 0 Å². The van der Waals surface area contributed by atoms with Crippen molar-refractivity contribution in [1.82, 2.24) is 14.8 Å². The van der Waals surface area contributed by atoms with Crippen LogP contribution >= 0.6 is 11.6 Å². The van der Waals surface area contributed by atoms with Gasteiger partial charge in [-0.15, -0.1) is 0 Å². The first kappa shape index (κ1) is 12.3. The normalized spacial score (nSPS) is 10.3. The molecule has 0 radical (unpaired) electrons. The summed E-state index contributed by atoms with van der Waals surface area (Å²) < 4.78 is 1.39. The number of halogens is 1. The molecule has 6 nitrogen and oxygen atoms in total. The third-order valence-electron chi connectivity index (χ3n) is 2.30. The van der Waals surface area contributed by atoms with E-state index in [1.54, 1.807) is 13.0 Å². The summed E-state index contributed by atoms with van der Waals surface area (Å²) in [5.41, 5.74) is 0.923. The molecule has 0 unspecified atom stereocenters. The van der Waals surface area contributed by atoms with Gasteiger partial charge in [-0.05, 0) is 19.1 Å².